The van der Waals surface area contributed by atoms with E-state index < -0.39 is 0 Å². The van der Waals surface area contributed by atoms with Gasteiger partial charge in [-0.2, -0.15) is 0 Å². The monoisotopic (exact) mass is 284 g/mol. The Morgan fingerprint density at radius 3 is 2.55 bits per heavy atom. The van der Waals surface area contributed by atoms with E-state index >= 15 is 0 Å². The Kier molecular flexibility index (Phi) is 3.20. The highest BCUT2D eigenvalue weighted by Gasteiger charge is 2.17. The number of carbonyl (C=O) groups excluding carboxylic acids is 1. The molecule has 0 atom stereocenters. The van der Waals surface area contributed by atoms with Crippen molar-refractivity contribution in [2.45, 2.75) is 0 Å². The van der Waals surface area contributed by atoms with Gasteiger partial charge in [-0.15, -0.1) is 0 Å². The number of nitrogens with zero attached hydrogens (tertiary/aromatic N) is 1. The standard InChI is InChI=1S/C16H13ClN2O/c1-19(15-9-5-3-7-12(15)17)16(20)14-10-11-6-2-4-8-13(11)18-14/h2-10,18H,1H3. The summed E-state index contributed by atoms with van der Waals surface area (Å²) in [6.07, 6.45) is 0. The largest absolute Gasteiger partial charge is 0.351 e. The second-order valence-electron chi connectivity index (χ2n) is 4.59. The summed E-state index contributed by atoms with van der Waals surface area (Å²) < 4.78 is 0. The van der Waals surface area contributed by atoms with E-state index in [0.29, 0.717) is 16.4 Å². The van der Waals surface area contributed by atoms with Gasteiger partial charge in [-0.25, -0.2) is 0 Å². The summed E-state index contributed by atoms with van der Waals surface area (Å²) in [7, 11) is 1.72. The van der Waals surface area contributed by atoms with Crippen molar-refractivity contribution in [2.24, 2.45) is 0 Å². The van der Waals surface area contributed by atoms with Gasteiger partial charge < -0.3 is 9.88 Å². The minimum Gasteiger partial charge on any atom is -0.351 e. The van der Waals surface area contributed by atoms with Gasteiger partial charge in [0.1, 0.15) is 5.69 Å². The second-order valence-corrected chi connectivity index (χ2v) is 4.99. The molecular formula is C16H13ClN2O. The van der Waals surface area contributed by atoms with Gasteiger partial charge in [-0.05, 0) is 24.3 Å². The molecule has 3 rings (SSSR count). The highest BCUT2D eigenvalue weighted by molar-refractivity contribution is 6.34. The molecule has 1 heterocycles. The fourth-order valence-electron chi connectivity index (χ4n) is 2.20. The summed E-state index contributed by atoms with van der Waals surface area (Å²) >= 11 is 6.13. The van der Waals surface area contributed by atoms with Gasteiger partial charge in [0.05, 0.1) is 10.7 Å². The molecule has 0 unspecified atom stereocenters. The van der Waals surface area contributed by atoms with Crippen molar-refractivity contribution in [1.82, 2.24) is 4.98 Å². The van der Waals surface area contributed by atoms with Crippen molar-refractivity contribution in [3.63, 3.8) is 0 Å². The number of H-pyrrole nitrogens is 1. The molecule has 1 N–H and O–H groups in total. The first-order chi connectivity index (χ1) is 9.66. The molecule has 0 spiro atoms. The van der Waals surface area contributed by atoms with E-state index in [9.17, 15) is 4.79 Å². The minimum absolute atomic E-state index is 0.116. The molecule has 3 aromatic rings. The Labute approximate surface area is 121 Å². The third kappa shape index (κ3) is 2.17. The number of aromatic amines is 1. The summed E-state index contributed by atoms with van der Waals surface area (Å²) in [6.45, 7) is 0. The number of benzene rings is 2. The third-order valence-electron chi connectivity index (χ3n) is 3.28. The van der Waals surface area contributed by atoms with E-state index in [4.69, 9.17) is 11.6 Å². The molecule has 0 bridgehead atoms. The number of nitrogens with one attached hydrogen (secondary N) is 1. The number of hydrogen-bond acceptors (Lipinski definition) is 1. The molecule has 0 saturated carbocycles. The van der Waals surface area contributed by atoms with Crippen LogP contribution < -0.4 is 4.90 Å². The van der Waals surface area contributed by atoms with E-state index in [1.54, 1.807) is 18.0 Å². The van der Waals surface area contributed by atoms with Crippen LogP contribution in [0.3, 0.4) is 0 Å². The number of aromatic nitrogens is 1. The van der Waals surface area contributed by atoms with Crippen LogP contribution >= 0.6 is 11.6 Å². The van der Waals surface area contributed by atoms with Crippen LogP contribution in [-0.4, -0.2) is 17.9 Å². The molecule has 0 radical (unpaired) electrons. The molecule has 3 nitrogen and oxygen atoms in total. The zero-order chi connectivity index (χ0) is 14.1. The number of hydrogen-bond donors (Lipinski definition) is 1. The number of para-hydroxylation sites is 2. The molecule has 1 amide bonds. The second kappa shape index (κ2) is 5.02. The highest BCUT2D eigenvalue weighted by Crippen LogP contribution is 2.26. The molecule has 20 heavy (non-hydrogen) atoms. The van der Waals surface area contributed by atoms with Gasteiger partial charge in [-0.1, -0.05) is 41.9 Å². The summed E-state index contributed by atoms with van der Waals surface area (Å²) in [6, 6.07) is 16.9. The fourth-order valence-corrected chi connectivity index (χ4v) is 2.46. The lowest BCUT2D eigenvalue weighted by atomic mass is 10.2. The zero-order valence-corrected chi connectivity index (χ0v) is 11.7. The van der Waals surface area contributed by atoms with Gasteiger partial charge in [0.25, 0.3) is 5.91 Å². The van der Waals surface area contributed by atoms with E-state index in [1.165, 1.54) is 0 Å². The van der Waals surface area contributed by atoms with Crippen LogP contribution in [0.5, 0.6) is 0 Å². The maximum Gasteiger partial charge on any atom is 0.274 e. The molecule has 0 aliphatic heterocycles. The van der Waals surface area contributed by atoms with Gasteiger partial charge in [0.2, 0.25) is 0 Å². The number of anilines is 1. The maximum atomic E-state index is 12.5. The summed E-state index contributed by atoms with van der Waals surface area (Å²) in [5.41, 5.74) is 2.19. The number of fused-ring (bicyclic) bond motifs is 1. The Bertz CT molecular complexity index is 746. The first-order valence-electron chi connectivity index (χ1n) is 6.27. The molecule has 0 saturated heterocycles. The number of rotatable bonds is 2. The third-order valence-corrected chi connectivity index (χ3v) is 3.60. The fraction of sp³-hybridized carbons (Fsp3) is 0.0625. The molecular weight excluding hydrogens is 272 g/mol. The van der Waals surface area contributed by atoms with Crippen molar-refractivity contribution in [3.8, 4) is 0 Å². The van der Waals surface area contributed by atoms with Crippen LogP contribution in [-0.2, 0) is 0 Å². The van der Waals surface area contributed by atoms with Crippen molar-refractivity contribution in [3.05, 3.63) is 65.3 Å². The summed E-state index contributed by atoms with van der Waals surface area (Å²) in [5, 5.41) is 1.57. The van der Waals surface area contributed by atoms with Crippen molar-refractivity contribution in [1.29, 1.82) is 0 Å². The van der Waals surface area contributed by atoms with Crippen LogP contribution in [0.4, 0.5) is 5.69 Å². The van der Waals surface area contributed by atoms with Crippen LogP contribution in [0.25, 0.3) is 10.9 Å². The lowest BCUT2D eigenvalue weighted by molar-refractivity contribution is 0.0989. The zero-order valence-electron chi connectivity index (χ0n) is 10.9. The Balaban J connectivity index is 1.98. The molecule has 0 fully saturated rings. The van der Waals surface area contributed by atoms with Gasteiger partial charge >= 0.3 is 0 Å². The summed E-state index contributed by atoms with van der Waals surface area (Å²) in [5.74, 6) is -0.116. The lowest BCUT2D eigenvalue weighted by Crippen LogP contribution is -2.26. The quantitative estimate of drug-likeness (QED) is 0.756. The Hall–Kier alpha value is -2.26. The van der Waals surface area contributed by atoms with Crippen LogP contribution in [0.1, 0.15) is 10.5 Å². The first kappa shape index (κ1) is 12.8. The maximum absolute atomic E-state index is 12.5. The highest BCUT2D eigenvalue weighted by atomic mass is 35.5. The van der Waals surface area contributed by atoms with Crippen molar-refractivity contribution < 1.29 is 4.79 Å². The SMILES string of the molecule is CN(C(=O)c1cc2ccccc2[nH]1)c1ccccc1Cl. The predicted octanol–water partition coefficient (Wildman–Crippen LogP) is 4.10. The van der Waals surface area contributed by atoms with E-state index in [-0.39, 0.29) is 5.91 Å². The van der Waals surface area contributed by atoms with Gasteiger partial charge in [0.15, 0.2) is 0 Å². The van der Waals surface area contributed by atoms with Gasteiger partial charge in [-0.3, -0.25) is 4.79 Å². The summed E-state index contributed by atoms with van der Waals surface area (Å²) in [4.78, 5) is 17.2. The van der Waals surface area contributed by atoms with Crippen LogP contribution in [0.2, 0.25) is 5.02 Å². The molecule has 100 valence electrons. The lowest BCUT2D eigenvalue weighted by Gasteiger charge is -2.17. The van der Waals surface area contributed by atoms with E-state index in [1.807, 2.05) is 48.5 Å². The number of halogens is 1. The smallest absolute Gasteiger partial charge is 0.274 e. The van der Waals surface area contributed by atoms with Gasteiger partial charge in [0, 0.05) is 18.0 Å². The van der Waals surface area contributed by atoms with E-state index in [0.717, 1.165) is 10.9 Å². The Morgan fingerprint density at radius 1 is 1.10 bits per heavy atom. The minimum atomic E-state index is -0.116. The first-order valence-corrected chi connectivity index (χ1v) is 6.65. The topological polar surface area (TPSA) is 36.1 Å². The number of carbonyl (C=O) groups is 1. The number of amides is 1. The molecule has 0 aliphatic carbocycles. The average molecular weight is 285 g/mol. The predicted molar refractivity (Wildman–Crippen MR) is 82.5 cm³/mol. The van der Waals surface area contributed by atoms with E-state index in [2.05, 4.69) is 4.98 Å². The Morgan fingerprint density at radius 2 is 1.80 bits per heavy atom. The molecule has 2 aromatic carbocycles. The normalized spacial score (nSPS) is 10.7. The van der Waals surface area contributed by atoms with Crippen molar-refractivity contribution >= 4 is 34.1 Å². The van der Waals surface area contributed by atoms with Crippen LogP contribution in [0.15, 0.2) is 54.6 Å². The molecule has 0 aliphatic rings. The van der Waals surface area contributed by atoms with Crippen molar-refractivity contribution in [2.75, 3.05) is 11.9 Å². The average Bonchev–Trinajstić information content (AvgIpc) is 2.90. The molecule has 4 heteroatoms. The van der Waals surface area contributed by atoms with Crippen LogP contribution in [0, 0.1) is 0 Å². The molecule has 1 aromatic heterocycles.